The van der Waals surface area contributed by atoms with Gasteiger partial charge >= 0.3 is 0 Å². The second-order valence-electron chi connectivity index (χ2n) is 5.37. The second-order valence-corrected chi connectivity index (χ2v) is 7.47. The number of nitrogens with zero attached hydrogens (tertiary/aromatic N) is 1. The molecule has 3 nitrogen and oxygen atoms in total. The summed E-state index contributed by atoms with van der Waals surface area (Å²) in [5.74, 6) is 2.00. The highest BCUT2D eigenvalue weighted by Gasteiger charge is 2.26. The Balaban J connectivity index is 2.49. The van der Waals surface area contributed by atoms with E-state index in [4.69, 9.17) is 0 Å². The largest absolute Gasteiger partial charge is 0.309 e. The monoisotopic (exact) mass is 316 g/mol. The predicted octanol–water partition coefficient (Wildman–Crippen LogP) is 3.40. The Morgan fingerprint density at radius 3 is 2.71 bits per heavy atom. The Labute approximate surface area is 114 Å². The first-order chi connectivity index (χ1) is 7.89. The molecule has 0 spiro atoms. The normalized spacial score (nSPS) is 20.8. The summed E-state index contributed by atoms with van der Waals surface area (Å²) in [5.41, 5.74) is 0.668. The number of halogens is 1. The van der Waals surface area contributed by atoms with Crippen molar-refractivity contribution in [2.24, 2.45) is 0 Å². The zero-order chi connectivity index (χ0) is 12.6. The van der Waals surface area contributed by atoms with Crippen LogP contribution in [0, 0.1) is 0 Å². The number of aromatic nitrogens is 2. The van der Waals surface area contributed by atoms with Gasteiger partial charge in [0.25, 0.3) is 5.56 Å². The van der Waals surface area contributed by atoms with Gasteiger partial charge in [0.1, 0.15) is 10.3 Å². The Morgan fingerprint density at radius 1 is 1.47 bits per heavy atom. The van der Waals surface area contributed by atoms with Gasteiger partial charge in [-0.1, -0.05) is 20.8 Å². The van der Waals surface area contributed by atoms with Crippen LogP contribution in [0.3, 0.4) is 0 Å². The molecule has 1 aromatic heterocycles. The van der Waals surface area contributed by atoms with E-state index < -0.39 is 0 Å². The zero-order valence-electron chi connectivity index (χ0n) is 10.3. The lowest BCUT2D eigenvalue weighted by Crippen LogP contribution is -2.24. The number of H-pyrrole nitrogens is 1. The molecule has 94 valence electrons. The molecule has 0 bridgehead atoms. The zero-order valence-corrected chi connectivity index (χ0v) is 12.7. The maximum absolute atomic E-state index is 11.9. The van der Waals surface area contributed by atoms with Crippen LogP contribution < -0.4 is 5.56 Å². The first kappa shape index (κ1) is 13.1. The van der Waals surface area contributed by atoms with E-state index in [-0.39, 0.29) is 11.0 Å². The minimum Gasteiger partial charge on any atom is -0.309 e. The van der Waals surface area contributed by atoms with Crippen LogP contribution in [0.2, 0.25) is 0 Å². The first-order valence-electron chi connectivity index (χ1n) is 5.81. The van der Waals surface area contributed by atoms with Gasteiger partial charge in [0.15, 0.2) is 0 Å². The molecule has 0 aromatic carbocycles. The molecule has 0 saturated carbocycles. The molecular weight excluding hydrogens is 300 g/mol. The van der Waals surface area contributed by atoms with Gasteiger partial charge in [0, 0.05) is 5.41 Å². The summed E-state index contributed by atoms with van der Waals surface area (Å²) in [6.07, 6.45) is 2.32. The van der Waals surface area contributed by atoms with Gasteiger partial charge in [0.05, 0.1) is 10.9 Å². The third-order valence-electron chi connectivity index (χ3n) is 2.83. The number of hydrogen-bond donors (Lipinski definition) is 1. The highest BCUT2D eigenvalue weighted by atomic mass is 79.9. The Bertz CT molecular complexity index is 472. The van der Waals surface area contributed by atoms with Gasteiger partial charge in [-0.05, 0) is 34.5 Å². The van der Waals surface area contributed by atoms with E-state index in [9.17, 15) is 4.79 Å². The van der Waals surface area contributed by atoms with Crippen LogP contribution >= 0.6 is 27.7 Å². The SMILES string of the molecule is CC(C)(C)c1nc(C2CCCS2)[nH]c(=O)c1Br. The van der Waals surface area contributed by atoms with Crippen LogP contribution in [-0.4, -0.2) is 15.7 Å². The van der Waals surface area contributed by atoms with E-state index in [1.54, 1.807) is 0 Å². The lowest BCUT2D eigenvalue weighted by Gasteiger charge is -2.20. The van der Waals surface area contributed by atoms with Crippen molar-refractivity contribution in [1.82, 2.24) is 9.97 Å². The van der Waals surface area contributed by atoms with Crippen molar-refractivity contribution >= 4 is 27.7 Å². The topological polar surface area (TPSA) is 45.8 Å². The molecule has 2 heterocycles. The highest BCUT2D eigenvalue weighted by molar-refractivity contribution is 9.10. The fourth-order valence-corrected chi connectivity index (χ4v) is 3.92. The quantitative estimate of drug-likeness (QED) is 0.863. The molecule has 1 aromatic rings. The minimum atomic E-state index is -0.120. The number of rotatable bonds is 1. The van der Waals surface area contributed by atoms with Crippen LogP contribution in [0.15, 0.2) is 9.27 Å². The smallest absolute Gasteiger partial charge is 0.265 e. The van der Waals surface area contributed by atoms with E-state index in [2.05, 4.69) is 46.7 Å². The third kappa shape index (κ3) is 2.76. The number of hydrogen-bond acceptors (Lipinski definition) is 3. The first-order valence-corrected chi connectivity index (χ1v) is 7.65. The fourth-order valence-electron chi connectivity index (χ4n) is 1.92. The van der Waals surface area contributed by atoms with Crippen molar-refractivity contribution in [3.05, 3.63) is 26.3 Å². The molecule has 1 aliphatic heterocycles. The number of aromatic amines is 1. The molecule has 1 N–H and O–H groups in total. The van der Waals surface area contributed by atoms with E-state index >= 15 is 0 Å². The van der Waals surface area contributed by atoms with Crippen LogP contribution in [0.1, 0.15) is 50.4 Å². The fraction of sp³-hybridized carbons (Fsp3) is 0.667. The summed E-state index contributed by atoms with van der Waals surface area (Å²) >= 11 is 5.23. The van der Waals surface area contributed by atoms with E-state index in [0.29, 0.717) is 9.72 Å². The van der Waals surface area contributed by atoms with Gasteiger partial charge in [-0.2, -0.15) is 11.8 Å². The predicted molar refractivity (Wildman–Crippen MR) is 75.7 cm³/mol. The minimum absolute atomic E-state index is 0.0626. The molecule has 2 rings (SSSR count). The van der Waals surface area contributed by atoms with E-state index in [1.807, 2.05) is 11.8 Å². The maximum Gasteiger partial charge on any atom is 0.265 e. The van der Waals surface area contributed by atoms with Gasteiger partial charge in [-0.25, -0.2) is 4.98 Å². The van der Waals surface area contributed by atoms with Crippen molar-refractivity contribution in [2.75, 3.05) is 5.75 Å². The molecule has 17 heavy (non-hydrogen) atoms. The summed E-state index contributed by atoms with van der Waals surface area (Å²) in [6, 6.07) is 0. The Morgan fingerprint density at radius 2 is 2.18 bits per heavy atom. The summed E-state index contributed by atoms with van der Waals surface area (Å²) < 4.78 is 0.566. The molecule has 0 radical (unpaired) electrons. The van der Waals surface area contributed by atoms with Crippen molar-refractivity contribution in [3.8, 4) is 0 Å². The molecule has 1 saturated heterocycles. The van der Waals surface area contributed by atoms with Crippen LogP contribution in [0.5, 0.6) is 0 Å². The summed E-state index contributed by atoms with van der Waals surface area (Å²) in [7, 11) is 0. The second kappa shape index (κ2) is 4.76. The van der Waals surface area contributed by atoms with Gasteiger partial charge in [-0.3, -0.25) is 4.79 Å². The van der Waals surface area contributed by atoms with E-state index in [1.165, 1.54) is 6.42 Å². The molecule has 1 unspecified atom stereocenters. The van der Waals surface area contributed by atoms with Crippen LogP contribution in [0.25, 0.3) is 0 Å². The molecule has 1 aliphatic rings. The third-order valence-corrected chi connectivity index (χ3v) is 4.95. The summed E-state index contributed by atoms with van der Waals surface area (Å²) in [5, 5.41) is 0.358. The van der Waals surface area contributed by atoms with Crippen molar-refractivity contribution < 1.29 is 0 Å². The Hall–Kier alpha value is -0.290. The average Bonchev–Trinajstić information content (AvgIpc) is 2.73. The number of thioether (sulfide) groups is 1. The van der Waals surface area contributed by atoms with Crippen LogP contribution in [-0.2, 0) is 5.41 Å². The van der Waals surface area contributed by atoms with Crippen molar-refractivity contribution in [3.63, 3.8) is 0 Å². The van der Waals surface area contributed by atoms with Crippen molar-refractivity contribution in [2.45, 2.75) is 44.3 Å². The average molecular weight is 317 g/mol. The van der Waals surface area contributed by atoms with Crippen molar-refractivity contribution in [1.29, 1.82) is 0 Å². The Kier molecular flexibility index (Phi) is 3.69. The summed E-state index contributed by atoms with van der Waals surface area (Å²) in [4.78, 5) is 19.5. The molecule has 0 amide bonds. The standard InChI is InChI=1S/C12H17BrN2OS/c1-12(2,3)9-8(13)11(16)15-10(14-9)7-5-4-6-17-7/h7H,4-6H2,1-3H3,(H,14,15,16). The molecule has 1 fully saturated rings. The summed E-state index contributed by atoms with van der Waals surface area (Å²) in [6.45, 7) is 6.22. The highest BCUT2D eigenvalue weighted by Crippen LogP contribution is 2.38. The van der Waals surface area contributed by atoms with E-state index in [0.717, 1.165) is 23.7 Å². The lowest BCUT2D eigenvalue weighted by atomic mass is 9.92. The molecule has 1 atom stereocenters. The van der Waals surface area contributed by atoms with Crippen LogP contribution in [0.4, 0.5) is 0 Å². The van der Waals surface area contributed by atoms with Gasteiger partial charge < -0.3 is 4.98 Å². The molecular formula is C12H17BrN2OS. The van der Waals surface area contributed by atoms with Gasteiger partial charge in [0.2, 0.25) is 0 Å². The lowest BCUT2D eigenvalue weighted by molar-refractivity contribution is 0.554. The maximum atomic E-state index is 11.9. The van der Waals surface area contributed by atoms with Gasteiger partial charge in [-0.15, -0.1) is 0 Å². The number of nitrogens with one attached hydrogen (secondary N) is 1. The molecule has 5 heteroatoms. The molecule has 0 aliphatic carbocycles.